The second kappa shape index (κ2) is 10.6. The van der Waals surface area contributed by atoms with E-state index in [-0.39, 0.29) is 0 Å². The minimum atomic E-state index is -1.05. The summed E-state index contributed by atoms with van der Waals surface area (Å²) in [6.07, 6.45) is 6.07. The molecular formula is C26H26N4O4. The molecule has 4 aromatic rings. The molecule has 0 bridgehead atoms. The third kappa shape index (κ3) is 5.40. The number of benzene rings is 2. The first kappa shape index (κ1) is 23.0. The van der Waals surface area contributed by atoms with Gasteiger partial charge in [0, 0.05) is 36.0 Å². The van der Waals surface area contributed by atoms with Gasteiger partial charge in [0.1, 0.15) is 12.1 Å². The van der Waals surface area contributed by atoms with Crippen LogP contribution < -0.4 is 14.8 Å². The van der Waals surface area contributed by atoms with E-state index in [1.54, 1.807) is 12.1 Å². The summed E-state index contributed by atoms with van der Waals surface area (Å²) < 4.78 is 11.0. The SMILES string of the molecule is CCOc1cc(-c2cc(NCCc3c(C)ccc4cnccc34)ncn2)ccc1OCC(=O)O. The van der Waals surface area contributed by atoms with Crippen molar-refractivity contribution in [3.8, 4) is 22.8 Å². The molecule has 0 aliphatic rings. The molecule has 34 heavy (non-hydrogen) atoms. The fourth-order valence-corrected chi connectivity index (χ4v) is 3.80. The molecule has 2 N–H and O–H groups in total. The monoisotopic (exact) mass is 458 g/mol. The van der Waals surface area contributed by atoms with Gasteiger partial charge in [0.15, 0.2) is 18.1 Å². The van der Waals surface area contributed by atoms with Crippen molar-refractivity contribution < 1.29 is 19.4 Å². The number of fused-ring (bicyclic) bond motifs is 1. The zero-order valence-electron chi connectivity index (χ0n) is 19.1. The van der Waals surface area contributed by atoms with Gasteiger partial charge in [-0.1, -0.05) is 12.1 Å². The Labute approximate surface area is 197 Å². The van der Waals surface area contributed by atoms with E-state index in [9.17, 15) is 4.79 Å². The summed E-state index contributed by atoms with van der Waals surface area (Å²) in [6, 6.07) is 13.5. The normalized spacial score (nSPS) is 10.8. The van der Waals surface area contributed by atoms with Crippen LogP contribution in [0.3, 0.4) is 0 Å². The number of carboxylic acids is 1. The molecule has 0 radical (unpaired) electrons. The van der Waals surface area contributed by atoms with Crippen LogP contribution in [0.2, 0.25) is 0 Å². The lowest BCUT2D eigenvalue weighted by Gasteiger charge is -2.13. The standard InChI is InChI=1S/C26H26N4O4/c1-3-33-24-12-18(6-7-23(24)34-15-26(31)32)22-13-25(30-16-29-22)28-11-9-20-17(2)4-5-19-14-27-10-8-21(19)20/h4-8,10,12-14,16H,3,9,11,15H2,1-2H3,(H,31,32)(H,28,29,30). The molecule has 0 spiro atoms. The third-order valence-corrected chi connectivity index (χ3v) is 5.40. The van der Waals surface area contributed by atoms with E-state index < -0.39 is 12.6 Å². The Balaban J connectivity index is 1.49. The van der Waals surface area contributed by atoms with Crippen LogP contribution in [0.15, 0.2) is 61.2 Å². The number of carbonyl (C=O) groups is 1. The number of nitrogens with zero attached hydrogens (tertiary/aromatic N) is 3. The Kier molecular flexibility index (Phi) is 7.17. The summed E-state index contributed by atoms with van der Waals surface area (Å²) in [5, 5.41) is 14.6. The van der Waals surface area contributed by atoms with Gasteiger partial charge >= 0.3 is 5.97 Å². The highest BCUT2D eigenvalue weighted by Gasteiger charge is 2.11. The van der Waals surface area contributed by atoms with Crippen molar-refractivity contribution in [3.05, 3.63) is 72.3 Å². The van der Waals surface area contributed by atoms with Crippen LogP contribution in [0.25, 0.3) is 22.0 Å². The van der Waals surface area contributed by atoms with Crippen LogP contribution >= 0.6 is 0 Å². The molecule has 0 aliphatic carbocycles. The molecule has 4 rings (SSSR count). The fraction of sp³-hybridized carbons (Fsp3) is 0.231. The Bertz CT molecular complexity index is 1310. The number of nitrogens with one attached hydrogen (secondary N) is 1. The average Bonchev–Trinajstić information content (AvgIpc) is 2.85. The minimum Gasteiger partial charge on any atom is -0.490 e. The summed E-state index contributed by atoms with van der Waals surface area (Å²) in [6.45, 7) is 4.68. The van der Waals surface area contributed by atoms with Gasteiger partial charge in [-0.15, -0.1) is 0 Å². The number of pyridine rings is 1. The molecule has 2 heterocycles. The lowest BCUT2D eigenvalue weighted by molar-refractivity contribution is -0.139. The number of hydrogen-bond acceptors (Lipinski definition) is 7. The van der Waals surface area contributed by atoms with Crippen LogP contribution in [-0.4, -0.2) is 45.8 Å². The van der Waals surface area contributed by atoms with E-state index in [0.717, 1.165) is 23.1 Å². The summed E-state index contributed by atoms with van der Waals surface area (Å²) in [5.74, 6) is 0.512. The van der Waals surface area contributed by atoms with Gasteiger partial charge in [0.2, 0.25) is 0 Å². The molecule has 0 saturated carbocycles. The number of carboxylic acid groups (broad SMARTS) is 1. The Hall–Kier alpha value is -4.20. The van der Waals surface area contributed by atoms with Crippen molar-refractivity contribution >= 4 is 22.6 Å². The summed E-state index contributed by atoms with van der Waals surface area (Å²) in [5.41, 5.74) is 4.07. The maximum atomic E-state index is 10.8. The van der Waals surface area contributed by atoms with Crippen molar-refractivity contribution in [3.63, 3.8) is 0 Å². The van der Waals surface area contributed by atoms with Gasteiger partial charge in [-0.3, -0.25) is 4.98 Å². The number of anilines is 1. The van der Waals surface area contributed by atoms with Gasteiger partial charge in [-0.25, -0.2) is 14.8 Å². The highest BCUT2D eigenvalue weighted by molar-refractivity contribution is 5.86. The van der Waals surface area contributed by atoms with Crippen molar-refractivity contribution in [2.45, 2.75) is 20.3 Å². The van der Waals surface area contributed by atoms with E-state index in [1.807, 2.05) is 31.5 Å². The van der Waals surface area contributed by atoms with Gasteiger partial charge in [0.25, 0.3) is 0 Å². The molecule has 0 amide bonds. The minimum absolute atomic E-state index is 0.376. The topological polar surface area (TPSA) is 106 Å². The molecule has 0 saturated heterocycles. The van der Waals surface area contributed by atoms with Crippen LogP contribution in [0.1, 0.15) is 18.1 Å². The predicted octanol–water partition coefficient (Wildman–Crippen LogP) is 4.52. The largest absolute Gasteiger partial charge is 0.490 e. The van der Waals surface area contributed by atoms with Crippen LogP contribution in [0.5, 0.6) is 11.5 Å². The predicted molar refractivity (Wildman–Crippen MR) is 130 cm³/mol. The molecule has 0 aliphatic heterocycles. The van der Waals surface area contributed by atoms with E-state index in [4.69, 9.17) is 14.6 Å². The highest BCUT2D eigenvalue weighted by Crippen LogP contribution is 2.32. The van der Waals surface area contributed by atoms with Gasteiger partial charge in [-0.2, -0.15) is 0 Å². The number of hydrogen-bond donors (Lipinski definition) is 2. The molecule has 0 fully saturated rings. The molecule has 8 heteroatoms. The molecule has 8 nitrogen and oxygen atoms in total. The molecule has 0 unspecified atom stereocenters. The maximum Gasteiger partial charge on any atom is 0.341 e. The number of rotatable bonds is 10. The van der Waals surface area contributed by atoms with E-state index in [2.05, 4.69) is 45.4 Å². The second-order valence-corrected chi connectivity index (χ2v) is 7.70. The Morgan fingerprint density at radius 2 is 1.94 bits per heavy atom. The van der Waals surface area contributed by atoms with Gasteiger partial charge in [-0.05, 0) is 61.0 Å². The summed E-state index contributed by atoms with van der Waals surface area (Å²) in [4.78, 5) is 23.8. The van der Waals surface area contributed by atoms with Crippen molar-refractivity contribution in [2.75, 3.05) is 25.1 Å². The van der Waals surface area contributed by atoms with Crippen molar-refractivity contribution in [1.82, 2.24) is 15.0 Å². The average molecular weight is 459 g/mol. The summed E-state index contributed by atoms with van der Waals surface area (Å²) in [7, 11) is 0. The van der Waals surface area contributed by atoms with Crippen molar-refractivity contribution in [2.24, 2.45) is 0 Å². The second-order valence-electron chi connectivity index (χ2n) is 7.70. The Morgan fingerprint density at radius 1 is 1.06 bits per heavy atom. The van der Waals surface area contributed by atoms with Crippen molar-refractivity contribution in [1.29, 1.82) is 0 Å². The maximum absolute atomic E-state index is 10.8. The number of aryl methyl sites for hydroxylation is 1. The van der Waals surface area contributed by atoms with Crippen LogP contribution in [0, 0.1) is 6.92 Å². The summed E-state index contributed by atoms with van der Waals surface area (Å²) >= 11 is 0. The van der Waals surface area contributed by atoms with Gasteiger partial charge in [0.05, 0.1) is 12.3 Å². The van der Waals surface area contributed by atoms with E-state index in [0.29, 0.717) is 30.5 Å². The quantitative estimate of drug-likeness (QED) is 0.357. The Morgan fingerprint density at radius 3 is 2.76 bits per heavy atom. The molecule has 2 aromatic heterocycles. The zero-order valence-corrected chi connectivity index (χ0v) is 19.1. The lowest BCUT2D eigenvalue weighted by atomic mass is 9.99. The number of aliphatic carboxylic acids is 1. The molecule has 2 aromatic carbocycles. The number of aromatic nitrogens is 3. The van der Waals surface area contributed by atoms with Gasteiger partial charge < -0.3 is 19.9 Å². The van der Waals surface area contributed by atoms with Crippen LogP contribution in [-0.2, 0) is 11.2 Å². The highest BCUT2D eigenvalue weighted by atomic mass is 16.5. The first-order valence-corrected chi connectivity index (χ1v) is 11.0. The first-order valence-electron chi connectivity index (χ1n) is 11.0. The van der Waals surface area contributed by atoms with E-state index in [1.165, 1.54) is 22.8 Å². The lowest BCUT2D eigenvalue weighted by Crippen LogP contribution is -2.10. The smallest absolute Gasteiger partial charge is 0.341 e. The molecular weight excluding hydrogens is 432 g/mol. The third-order valence-electron chi connectivity index (χ3n) is 5.40. The van der Waals surface area contributed by atoms with Crippen LogP contribution in [0.4, 0.5) is 5.82 Å². The molecule has 174 valence electrons. The first-order chi connectivity index (χ1) is 16.5. The zero-order chi connectivity index (χ0) is 23.9. The fourth-order valence-electron chi connectivity index (χ4n) is 3.80. The number of ether oxygens (including phenoxy) is 2. The van der Waals surface area contributed by atoms with E-state index >= 15 is 0 Å². The molecule has 0 atom stereocenters.